The summed E-state index contributed by atoms with van der Waals surface area (Å²) in [6.07, 6.45) is 0.748. The van der Waals surface area contributed by atoms with E-state index in [9.17, 15) is 17.6 Å². The number of likely N-dealkylation sites (tertiary alicyclic amines) is 1. The van der Waals surface area contributed by atoms with Crippen molar-refractivity contribution in [1.29, 1.82) is 0 Å². The Labute approximate surface area is 153 Å². The van der Waals surface area contributed by atoms with Crippen LogP contribution in [0.25, 0.3) is 0 Å². The summed E-state index contributed by atoms with van der Waals surface area (Å²) in [4.78, 5) is 14.4. The smallest absolute Gasteiger partial charge is 0.223 e. The molecule has 1 spiro atoms. The molecule has 0 aliphatic carbocycles. The number of nitrogens with zero attached hydrogens (tertiary/aromatic N) is 2. The van der Waals surface area contributed by atoms with Crippen molar-refractivity contribution in [3.8, 4) is 0 Å². The van der Waals surface area contributed by atoms with Crippen molar-refractivity contribution in [3.63, 3.8) is 0 Å². The third-order valence-electron chi connectivity index (χ3n) is 5.78. The Balaban J connectivity index is 1.47. The maximum Gasteiger partial charge on any atom is 0.223 e. The highest BCUT2D eigenvalue weighted by Crippen LogP contribution is 2.46. The zero-order chi connectivity index (χ0) is 18.5. The zero-order valence-corrected chi connectivity index (χ0v) is 15.5. The van der Waals surface area contributed by atoms with E-state index in [1.165, 1.54) is 10.4 Å². The minimum Gasteiger partial charge on any atom is -0.365 e. The Morgan fingerprint density at radius 2 is 2.12 bits per heavy atom. The summed E-state index contributed by atoms with van der Waals surface area (Å²) >= 11 is 0. The molecule has 0 N–H and O–H groups in total. The van der Waals surface area contributed by atoms with Gasteiger partial charge < -0.3 is 9.64 Å². The predicted octanol–water partition coefficient (Wildman–Crippen LogP) is 1.16. The number of aryl methyl sites for hydroxylation is 1. The number of hydrogen-bond donors (Lipinski definition) is 0. The van der Waals surface area contributed by atoms with Gasteiger partial charge in [0.25, 0.3) is 0 Å². The molecule has 3 atom stereocenters. The van der Waals surface area contributed by atoms with E-state index in [1.807, 2.05) is 6.92 Å². The van der Waals surface area contributed by atoms with Crippen LogP contribution in [0.2, 0.25) is 0 Å². The number of carbonyl (C=O) groups excluding carboxylic acids is 1. The molecule has 26 heavy (non-hydrogen) atoms. The van der Waals surface area contributed by atoms with Crippen LogP contribution in [0, 0.1) is 5.82 Å². The average molecular weight is 382 g/mol. The molecule has 4 rings (SSSR count). The topological polar surface area (TPSA) is 66.9 Å². The van der Waals surface area contributed by atoms with Gasteiger partial charge in [0.05, 0.1) is 12.6 Å². The van der Waals surface area contributed by atoms with Crippen molar-refractivity contribution in [3.05, 3.63) is 35.6 Å². The highest BCUT2D eigenvalue weighted by molar-refractivity contribution is 7.90. The number of fused-ring (bicyclic) bond motifs is 1. The number of halogens is 1. The van der Waals surface area contributed by atoms with Gasteiger partial charge in [-0.05, 0) is 24.5 Å². The number of likely N-dealkylation sites (N-methyl/N-ethyl adjacent to an activating group) is 1. The predicted molar refractivity (Wildman–Crippen MR) is 93.5 cm³/mol. The molecule has 6 nitrogen and oxygen atoms in total. The van der Waals surface area contributed by atoms with Gasteiger partial charge in [0, 0.05) is 26.1 Å². The minimum atomic E-state index is -3.37. The van der Waals surface area contributed by atoms with E-state index in [-0.39, 0.29) is 24.2 Å². The Morgan fingerprint density at radius 3 is 2.85 bits per heavy atom. The van der Waals surface area contributed by atoms with E-state index < -0.39 is 20.9 Å². The normalized spacial score (nSPS) is 32.6. The van der Waals surface area contributed by atoms with E-state index in [0.717, 1.165) is 0 Å². The van der Waals surface area contributed by atoms with E-state index in [0.29, 0.717) is 44.6 Å². The van der Waals surface area contributed by atoms with Crippen molar-refractivity contribution < 1.29 is 22.3 Å². The van der Waals surface area contributed by atoms with E-state index >= 15 is 0 Å². The van der Waals surface area contributed by atoms with Gasteiger partial charge >= 0.3 is 0 Å². The van der Waals surface area contributed by atoms with E-state index in [2.05, 4.69) is 0 Å². The first-order valence-corrected chi connectivity index (χ1v) is 10.5. The van der Waals surface area contributed by atoms with Crippen LogP contribution < -0.4 is 0 Å². The molecule has 1 aromatic rings. The first-order chi connectivity index (χ1) is 12.4. The largest absolute Gasteiger partial charge is 0.365 e. The zero-order valence-electron chi connectivity index (χ0n) is 14.7. The van der Waals surface area contributed by atoms with Crippen LogP contribution in [0.3, 0.4) is 0 Å². The van der Waals surface area contributed by atoms with Gasteiger partial charge in [-0.15, -0.1) is 0 Å². The summed E-state index contributed by atoms with van der Waals surface area (Å²) in [5.74, 6) is -0.379. The van der Waals surface area contributed by atoms with Gasteiger partial charge in [-0.2, -0.15) is 4.31 Å². The molecule has 0 saturated carbocycles. The lowest BCUT2D eigenvalue weighted by molar-refractivity contribution is -0.150. The van der Waals surface area contributed by atoms with Crippen molar-refractivity contribution in [2.24, 2.45) is 0 Å². The summed E-state index contributed by atoms with van der Waals surface area (Å²) in [5.41, 5.74) is -0.292. The average Bonchev–Trinajstić information content (AvgIpc) is 2.99. The van der Waals surface area contributed by atoms with Crippen LogP contribution in [0.4, 0.5) is 4.39 Å². The molecule has 3 heterocycles. The Morgan fingerprint density at radius 1 is 1.35 bits per heavy atom. The number of carbonyl (C=O) groups is 1. The maximum atomic E-state index is 13.7. The van der Waals surface area contributed by atoms with E-state index in [4.69, 9.17) is 4.74 Å². The van der Waals surface area contributed by atoms with Crippen LogP contribution >= 0.6 is 0 Å². The number of hydrogen-bond acceptors (Lipinski definition) is 4. The Bertz CT molecular complexity index is 830. The molecular weight excluding hydrogens is 359 g/mol. The van der Waals surface area contributed by atoms with Crippen molar-refractivity contribution in [2.45, 2.75) is 43.1 Å². The summed E-state index contributed by atoms with van der Waals surface area (Å²) in [5, 5.41) is -0.565. The second-order valence-electron chi connectivity index (χ2n) is 7.37. The van der Waals surface area contributed by atoms with E-state index in [1.54, 1.807) is 23.1 Å². The monoisotopic (exact) mass is 382 g/mol. The molecule has 0 radical (unpaired) electrons. The van der Waals surface area contributed by atoms with Gasteiger partial charge in [0.2, 0.25) is 15.9 Å². The molecular formula is C18H23FN2O4S. The molecule has 1 amide bonds. The summed E-state index contributed by atoms with van der Waals surface area (Å²) < 4.78 is 46.6. The van der Waals surface area contributed by atoms with Crippen molar-refractivity contribution in [1.82, 2.24) is 9.21 Å². The SMILES string of the molecule is CCN1C[C@@]23CN(C(=O)CCc4ccccc4F)C[C@@H](C[C@@H]2S1(=O)=O)O3. The van der Waals surface area contributed by atoms with Crippen LogP contribution in [0.5, 0.6) is 0 Å². The van der Waals surface area contributed by atoms with Gasteiger partial charge in [0.15, 0.2) is 0 Å². The van der Waals surface area contributed by atoms with Crippen molar-refractivity contribution >= 4 is 15.9 Å². The lowest BCUT2D eigenvalue weighted by Gasteiger charge is -2.39. The summed E-state index contributed by atoms with van der Waals surface area (Å²) in [6, 6.07) is 6.45. The lowest BCUT2D eigenvalue weighted by Crippen LogP contribution is -2.56. The van der Waals surface area contributed by atoms with Crippen LogP contribution in [-0.4, -0.2) is 66.7 Å². The number of ether oxygens (including phenoxy) is 1. The highest BCUT2D eigenvalue weighted by atomic mass is 32.2. The Hall–Kier alpha value is -1.51. The first-order valence-electron chi connectivity index (χ1n) is 9.04. The number of rotatable bonds is 4. The molecule has 8 heteroatoms. The second-order valence-corrected chi connectivity index (χ2v) is 9.48. The number of sulfonamides is 1. The molecule has 0 unspecified atom stereocenters. The molecule has 2 bridgehead atoms. The number of morpholine rings is 1. The molecule has 3 aliphatic rings. The van der Waals surface area contributed by atoms with Crippen LogP contribution in [-0.2, 0) is 26.0 Å². The third kappa shape index (κ3) is 2.75. The molecule has 0 aromatic heterocycles. The molecule has 3 saturated heterocycles. The number of benzene rings is 1. The molecule has 3 fully saturated rings. The lowest BCUT2D eigenvalue weighted by atomic mass is 9.99. The van der Waals surface area contributed by atoms with Crippen LogP contribution in [0.15, 0.2) is 24.3 Å². The summed E-state index contributed by atoms with van der Waals surface area (Å²) in [6.45, 7) is 3.24. The fourth-order valence-corrected chi connectivity index (χ4v) is 6.85. The quantitative estimate of drug-likeness (QED) is 0.784. The summed E-state index contributed by atoms with van der Waals surface area (Å²) in [7, 11) is -3.37. The fraction of sp³-hybridized carbons (Fsp3) is 0.611. The minimum absolute atomic E-state index is 0.0751. The van der Waals surface area contributed by atoms with Crippen molar-refractivity contribution in [2.75, 3.05) is 26.2 Å². The van der Waals surface area contributed by atoms with Gasteiger partial charge in [0.1, 0.15) is 16.7 Å². The molecule has 142 valence electrons. The number of amides is 1. The second kappa shape index (κ2) is 6.28. The standard InChI is InChI=1S/C18H23FN2O4S/c1-2-21-12-18-11-20(10-14(25-18)9-16(18)26(21,23)24)17(22)8-7-13-5-3-4-6-15(13)19/h3-6,14,16H,2,7-12H2,1H3/t14-,16+,18+/m1/s1. The first kappa shape index (κ1) is 17.9. The third-order valence-corrected chi connectivity index (χ3v) is 8.23. The molecule has 3 aliphatic heterocycles. The van der Waals surface area contributed by atoms with Gasteiger partial charge in [-0.25, -0.2) is 12.8 Å². The Kier molecular flexibility index (Phi) is 4.32. The van der Waals surface area contributed by atoms with Crippen LogP contribution in [0.1, 0.15) is 25.3 Å². The fourth-order valence-electron chi connectivity index (χ4n) is 4.53. The maximum absolute atomic E-state index is 13.7. The van der Waals surface area contributed by atoms with Gasteiger partial charge in [-0.3, -0.25) is 4.79 Å². The molecule has 1 aromatic carbocycles. The van der Waals surface area contributed by atoms with Gasteiger partial charge in [-0.1, -0.05) is 25.1 Å². The highest BCUT2D eigenvalue weighted by Gasteiger charge is 2.65.